The molecule has 0 saturated carbocycles. The normalized spacial score (nSPS) is 12.4. The molecule has 14 heavy (non-hydrogen) atoms. The van der Waals surface area contributed by atoms with Gasteiger partial charge in [0.25, 0.3) is 0 Å². The van der Waals surface area contributed by atoms with Crippen LogP contribution in [0.4, 0.5) is 0 Å². The minimum atomic E-state index is 0.137. The molecule has 0 aliphatic rings. The molecule has 0 heterocycles. The molecule has 0 aliphatic heterocycles. The van der Waals surface area contributed by atoms with Gasteiger partial charge in [-0.3, -0.25) is 0 Å². The Balaban J connectivity index is 3.30. The lowest BCUT2D eigenvalue weighted by molar-refractivity contribution is 0.0677. The predicted molar refractivity (Wildman–Crippen MR) is 58.2 cm³/mol. The minimum absolute atomic E-state index is 0.137. The Bertz CT molecular complexity index is 154. The molecule has 3 nitrogen and oxygen atoms in total. The van der Waals surface area contributed by atoms with Crippen LogP contribution in [0.3, 0.4) is 0 Å². The molecule has 0 radical (unpaired) electrons. The summed E-state index contributed by atoms with van der Waals surface area (Å²) in [7, 11) is 1.66. The van der Waals surface area contributed by atoms with Gasteiger partial charge in [-0.2, -0.15) is 0 Å². The van der Waals surface area contributed by atoms with Crippen molar-refractivity contribution in [1.29, 1.82) is 0 Å². The van der Waals surface area contributed by atoms with Crippen LogP contribution >= 0.6 is 0 Å². The number of rotatable bonds is 9. The van der Waals surface area contributed by atoms with Crippen LogP contribution in [-0.4, -0.2) is 39.5 Å². The van der Waals surface area contributed by atoms with E-state index in [1.54, 1.807) is 7.11 Å². The lowest BCUT2D eigenvalue weighted by Gasteiger charge is -2.12. The quantitative estimate of drug-likeness (QED) is 0.444. The Labute approximate surface area is 87.2 Å². The van der Waals surface area contributed by atoms with E-state index in [-0.39, 0.29) is 6.04 Å². The van der Waals surface area contributed by atoms with Crippen LogP contribution in [0.1, 0.15) is 19.8 Å². The van der Waals surface area contributed by atoms with Crippen molar-refractivity contribution in [3.63, 3.8) is 0 Å². The van der Waals surface area contributed by atoms with Crippen molar-refractivity contribution < 1.29 is 9.47 Å². The molecule has 0 bridgehead atoms. The Morgan fingerprint density at radius 1 is 1.36 bits per heavy atom. The molecule has 0 aliphatic carbocycles. The first kappa shape index (κ1) is 13.4. The number of ether oxygens (including phenoxy) is 2. The van der Waals surface area contributed by atoms with Gasteiger partial charge in [0, 0.05) is 13.7 Å². The van der Waals surface area contributed by atoms with E-state index in [9.17, 15) is 0 Å². The lowest BCUT2D eigenvalue weighted by Crippen LogP contribution is -2.29. The molecule has 0 amide bonds. The highest BCUT2D eigenvalue weighted by atomic mass is 16.5. The molecular weight excluding hydrogens is 178 g/mol. The summed E-state index contributed by atoms with van der Waals surface area (Å²) >= 11 is 0. The molecule has 1 N–H and O–H groups in total. The summed E-state index contributed by atoms with van der Waals surface area (Å²) in [5, 5.41) is 3.26. The van der Waals surface area contributed by atoms with Crippen molar-refractivity contribution >= 4 is 0 Å². The van der Waals surface area contributed by atoms with Gasteiger partial charge >= 0.3 is 0 Å². The van der Waals surface area contributed by atoms with Crippen molar-refractivity contribution in [2.24, 2.45) is 0 Å². The number of nitrogens with one attached hydrogen (secondary N) is 1. The number of hydrogen-bond donors (Lipinski definition) is 1. The molecule has 1 unspecified atom stereocenters. The lowest BCUT2D eigenvalue weighted by atomic mass is 10.2. The van der Waals surface area contributed by atoms with Crippen molar-refractivity contribution in [2.45, 2.75) is 25.8 Å². The number of methoxy groups -OCH3 is 1. The van der Waals surface area contributed by atoms with E-state index in [0.717, 1.165) is 19.4 Å². The maximum Gasteiger partial charge on any atom is 0.0709 e. The Morgan fingerprint density at radius 3 is 2.71 bits per heavy atom. The number of terminal acetylenes is 1. The third kappa shape index (κ3) is 8.06. The SMILES string of the molecule is C#CC(CCOCCOC)NCCC. The fraction of sp³-hybridized carbons (Fsp3) is 0.818. The van der Waals surface area contributed by atoms with Crippen LogP contribution in [0.2, 0.25) is 0 Å². The van der Waals surface area contributed by atoms with Crippen LogP contribution < -0.4 is 5.32 Å². The van der Waals surface area contributed by atoms with Gasteiger partial charge in [0.05, 0.1) is 19.3 Å². The zero-order valence-electron chi connectivity index (χ0n) is 9.21. The average Bonchev–Trinajstić information content (AvgIpc) is 2.22. The monoisotopic (exact) mass is 199 g/mol. The summed E-state index contributed by atoms with van der Waals surface area (Å²) in [5.41, 5.74) is 0. The second-order valence-corrected chi connectivity index (χ2v) is 3.07. The molecule has 82 valence electrons. The van der Waals surface area contributed by atoms with Gasteiger partial charge < -0.3 is 14.8 Å². The van der Waals surface area contributed by atoms with E-state index in [1.807, 2.05) is 0 Å². The fourth-order valence-corrected chi connectivity index (χ4v) is 1.01. The zero-order chi connectivity index (χ0) is 10.6. The van der Waals surface area contributed by atoms with Crippen LogP contribution in [0, 0.1) is 12.3 Å². The summed E-state index contributed by atoms with van der Waals surface area (Å²) in [5.74, 6) is 2.71. The highest BCUT2D eigenvalue weighted by Gasteiger charge is 2.02. The third-order valence-electron chi connectivity index (χ3n) is 1.82. The summed E-state index contributed by atoms with van der Waals surface area (Å²) in [6.07, 6.45) is 7.32. The molecule has 0 spiro atoms. The fourth-order valence-electron chi connectivity index (χ4n) is 1.01. The van der Waals surface area contributed by atoms with Gasteiger partial charge in [-0.1, -0.05) is 12.8 Å². The molecular formula is C11H21NO2. The first-order valence-electron chi connectivity index (χ1n) is 5.11. The first-order chi connectivity index (χ1) is 6.85. The Morgan fingerprint density at radius 2 is 2.14 bits per heavy atom. The van der Waals surface area contributed by atoms with Crippen LogP contribution in [0.15, 0.2) is 0 Å². The zero-order valence-corrected chi connectivity index (χ0v) is 9.21. The minimum Gasteiger partial charge on any atom is -0.382 e. The van der Waals surface area contributed by atoms with Crippen molar-refractivity contribution in [3.05, 3.63) is 0 Å². The molecule has 1 atom stereocenters. The highest BCUT2D eigenvalue weighted by molar-refractivity contribution is 4.98. The summed E-state index contributed by atoms with van der Waals surface area (Å²) in [6, 6.07) is 0.137. The smallest absolute Gasteiger partial charge is 0.0709 e. The van der Waals surface area contributed by atoms with Crippen LogP contribution in [0.5, 0.6) is 0 Å². The third-order valence-corrected chi connectivity index (χ3v) is 1.82. The van der Waals surface area contributed by atoms with E-state index in [0.29, 0.717) is 19.8 Å². The molecule has 0 aromatic heterocycles. The van der Waals surface area contributed by atoms with E-state index < -0.39 is 0 Å². The van der Waals surface area contributed by atoms with Crippen LogP contribution in [0.25, 0.3) is 0 Å². The average molecular weight is 199 g/mol. The molecule has 3 heteroatoms. The van der Waals surface area contributed by atoms with Gasteiger partial charge in [0.1, 0.15) is 0 Å². The van der Waals surface area contributed by atoms with E-state index in [1.165, 1.54) is 0 Å². The van der Waals surface area contributed by atoms with E-state index in [2.05, 4.69) is 18.2 Å². The van der Waals surface area contributed by atoms with Gasteiger partial charge in [-0.05, 0) is 19.4 Å². The summed E-state index contributed by atoms with van der Waals surface area (Å²) in [6.45, 7) is 5.06. The van der Waals surface area contributed by atoms with Gasteiger partial charge in [-0.15, -0.1) is 6.42 Å². The van der Waals surface area contributed by atoms with Gasteiger partial charge in [0.2, 0.25) is 0 Å². The van der Waals surface area contributed by atoms with Crippen molar-refractivity contribution in [3.8, 4) is 12.3 Å². The van der Waals surface area contributed by atoms with E-state index in [4.69, 9.17) is 15.9 Å². The maximum atomic E-state index is 5.36. The topological polar surface area (TPSA) is 30.5 Å². The van der Waals surface area contributed by atoms with Crippen molar-refractivity contribution in [2.75, 3.05) is 33.5 Å². The summed E-state index contributed by atoms with van der Waals surface area (Å²) in [4.78, 5) is 0. The maximum absolute atomic E-state index is 5.36. The Hall–Kier alpha value is -0.560. The van der Waals surface area contributed by atoms with Gasteiger partial charge in [0.15, 0.2) is 0 Å². The molecule has 0 aromatic carbocycles. The largest absolute Gasteiger partial charge is 0.382 e. The summed E-state index contributed by atoms with van der Waals surface area (Å²) < 4.78 is 10.2. The first-order valence-corrected chi connectivity index (χ1v) is 5.11. The molecule has 0 saturated heterocycles. The highest BCUT2D eigenvalue weighted by Crippen LogP contribution is 1.92. The molecule has 0 aromatic rings. The van der Waals surface area contributed by atoms with Crippen molar-refractivity contribution in [1.82, 2.24) is 5.32 Å². The number of hydrogen-bond acceptors (Lipinski definition) is 3. The van der Waals surface area contributed by atoms with Gasteiger partial charge in [-0.25, -0.2) is 0 Å². The van der Waals surface area contributed by atoms with Crippen LogP contribution in [-0.2, 0) is 9.47 Å². The predicted octanol–water partition coefficient (Wildman–Crippen LogP) is 1.04. The molecule has 0 rings (SSSR count). The second kappa shape index (κ2) is 10.5. The standard InChI is InChI=1S/C11H21NO2/c1-4-7-12-11(5-2)6-8-14-10-9-13-3/h2,11-12H,4,6-10H2,1,3H3. The second-order valence-electron chi connectivity index (χ2n) is 3.07. The van der Waals surface area contributed by atoms with E-state index >= 15 is 0 Å². The Kier molecular flexibility index (Phi) is 10.1. The molecule has 0 fully saturated rings.